The average molecular weight is 161 g/mol. The van der Waals surface area contributed by atoms with Crippen LogP contribution in [0.3, 0.4) is 0 Å². The minimum absolute atomic E-state index is 0.788. The van der Waals surface area contributed by atoms with Crippen molar-refractivity contribution in [1.29, 1.82) is 5.41 Å². The van der Waals surface area contributed by atoms with Gasteiger partial charge in [0.25, 0.3) is 0 Å². The van der Waals surface area contributed by atoms with Gasteiger partial charge in [-0.15, -0.1) is 0 Å². The van der Waals surface area contributed by atoms with Crippen LogP contribution in [0.1, 0.15) is 11.1 Å². The van der Waals surface area contributed by atoms with Crippen LogP contribution in [0.25, 0.3) is 6.08 Å². The Morgan fingerprint density at radius 1 is 1.42 bits per heavy atom. The molecule has 1 rings (SSSR count). The Labute approximate surface area is 72.0 Å². The van der Waals surface area contributed by atoms with E-state index in [1.54, 1.807) is 13.2 Å². The second-order valence-corrected chi connectivity index (χ2v) is 2.34. The van der Waals surface area contributed by atoms with E-state index in [9.17, 15) is 0 Å². The van der Waals surface area contributed by atoms with Crippen LogP contribution in [0.5, 0.6) is 5.75 Å². The Bertz CT molecular complexity index is 305. The highest BCUT2D eigenvalue weighted by atomic mass is 16.5. The maximum atomic E-state index is 7.10. The molecule has 0 unspecified atom stereocenters. The van der Waals surface area contributed by atoms with E-state index in [0.29, 0.717) is 0 Å². The summed E-state index contributed by atoms with van der Waals surface area (Å²) in [5.41, 5.74) is 1.77. The van der Waals surface area contributed by atoms with Crippen molar-refractivity contribution >= 4 is 12.3 Å². The lowest BCUT2D eigenvalue weighted by molar-refractivity contribution is 0.414. The van der Waals surface area contributed by atoms with Gasteiger partial charge in [-0.05, 0) is 29.3 Å². The van der Waals surface area contributed by atoms with Crippen molar-refractivity contribution in [3.05, 3.63) is 35.9 Å². The first-order chi connectivity index (χ1) is 5.81. The van der Waals surface area contributed by atoms with Gasteiger partial charge in [0, 0.05) is 6.21 Å². The molecule has 1 aromatic rings. The van der Waals surface area contributed by atoms with Crippen LogP contribution in [0.15, 0.2) is 24.8 Å². The summed E-state index contributed by atoms with van der Waals surface area (Å²) in [6.45, 7) is 3.66. The summed E-state index contributed by atoms with van der Waals surface area (Å²) < 4.78 is 5.03. The van der Waals surface area contributed by atoms with Gasteiger partial charge in [-0.2, -0.15) is 0 Å². The van der Waals surface area contributed by atoms with Crippen LogP contribution < -0.4 is 4.74 Å². The highest BCUT2D eigenvalue weighted by Gasteiger charge is 1.97. The van der Waals surface area contributed by atoms with Crippen LogP contribution in [0.4, 0.5) is 0 Å². The zero-order chi connectivity index (χ0) is 8.97. The Kier molecular flexibility index (Phi) is 2.64. The predicted molar refractivity (Wildman–Crippen MR) is 51.0 cm³/mol. The van der Waals surface area contributed by atoms with Crippen molar-refractivity contribution in [3.8, 4) is 5.75 Å². The summed E-state index contributed by atoms with van der Waals surface area (Å²) in [6, 6.07) is 5.52. The Morgan fingerprint density at radius 3 is 2.67 bits per heavy atom. The molecular weight excluding hydrogens is 150 g/mol. The predicted octanol–water partition coefficient (Wildman–Crippen LogP) is 2.34. The van der Waals surface area contributed by atoms with Gasteiger partial charge in [0.15, 0.2) is 0 Å². The molecule has 0 atom stereocenters. The lowest BCUT2D eigenvalue weighted by Gasteiger charge is -2.03. The molecule has 2 nitrogen and oxygen atoms in total. The summed E-state index contributed by atoms with van der Waals surface area (Å²) >= 11 is 0. The van der Waals surface area contributed by atoms with Crippen molar-refractivity contribution in [2.45, 2.75) is 0 Å². The number of nitrogens with one attached hydrogen (secondary N) is 1. The maximum Gasteiger partial charge on any atom is 0.119 e. The van der Waals surface area contributed by atoms with Crippen LogP contribution in [-0.4, -0.2) is 13.3 Å². The Morgan fingerprint density at radius 2 is 2.17 bits per heavy atom. The molecule has 12 heavy (non-hydrogen) atoms. The minimum atomic E-state index is 0.788. The van der Waals surface area contributed by atoms with Crippen molar-refractivity contribution in [2.75, 3.05) is 7.11 Å². The van der Waals surface area contributed by atoms with Crippen molar-refractivity contribution in [3.63, 3.8) is 0 Å². The van der Waals surface area contributed by atoms with Gasteiger partial charge in [0.2, 0.25) is 0 Å². The lowest BCUT2D eigenvalue weighted by Crippen LogP contribution is -1.88. The molecule has 0 aromatic heterocycles. The normalized spacial score (nSPS) is 9.08. The van der Waals surface area contributed by atoms with Crippen LogP contribution in [0, 0.1) is 5.41 Å². The van der Waals surface area contributed by atoms with Gasteiger partial charge < -0.3 is 10.1 Å². The van der Waals surface area contributed by atoms with Gasteiger partial charge in [0.1, 0.15) is 5.75 Å². The summed E-state index contributed by atoms with van der Waals surface area (Å²) in [7, 11) is 1.62. The second kappa shape index (κ2) is 3.72. The molecule has 0 aliphatic heterocycles. The second-order valence-electron chi connectivity index (χ2n) is 2.34. The quantitative estimate of drug-likeness (QED) is 0.678. The summed E-state index contributed by atoms with van der Waals surface area (Å²) in [4.78, 5) is 0. The zero-order valence-electron chi connectivity index (χ0n) is 7.00. The van der Waals surface area contributed by atoms with Crippen LogP contribution in [-0.2, 0) is 0 Å². The SMILES string of the molecule is C=Cc1cc(OC)ccc1C=N. The highest BCUT2D eigenvalue weighted by molar-refractivity contribution is 5.83. The fraction of sp³-hybridized carbons (Fsp3) is 0.100. The van der Waals surface area contributed by atoms with E-state index in [-0.39, 0.29) is 0 Å². The van der Waals surface area contributed by atoms with Crippen molar-refractivity contribution in [1.82, 2.24) is 0 Å². The van der Waals surface area contributed by atoms with E-state index in [4.69, 9.17) is 10.1 Å². The Balaban J connectivity index is 3.18. The number of benzene rings is 1. The fourth-order valence-electron chi connectivity index (χ4n) is 0.988. The molecule has 2 heteroatoms. The molecule has 0 aliphatic rings. The molecule has 0 radical (unpaired) electrons. The first-order valence-electron chi connectivity index (χ1n) is 3.62. The number of hydrogen-bond donors (Lipinski definition) is 1. The molecule has 62 valence electrons. The van der Waals surface area contributed by atoms with E-state index in [2.05, 4.69) is 6.58 Å². The van der Waals surface area contributed by atoms with E-state index >= 15 is 0 Å². The first-order valence-corrected chi connectivity index (χ1v) is 3.62. The highest BCUT2D eigenvalue weighted by Crippen LogP contribution is 2.16. The molecule has 0 aliphatic carbocycles. The largest absolute Gasteiger partial charge is 0.497 e. The van der Waals surface area contributed by atoms with Gasteiger partial charge in [-0.25, -0.2) is 0 Å². The summed E-state index contributed by atoms with van der Waals surface area (Å²) in [5.74, 6) is 0.788. The van der Waals surface area contributed by atoms with Crippen LogP contribution in [0.2, 0.25) is 0 Å². The van der Waals surface area contributed by atoms with E-state index in [1.807, 2.05) is 18.2 Å². The molecule has 0 heterocycles. The Hall–Kier alpha value is -1.57. The van der Waals surface area contributed by atoms with E-state index in [0.717, 1.165) is 16.9 Å². The molecule has 0 amide bonds. The summed E-state index contributed by atoms with van der Waals surface area (Å²) in [6.07, 6.45) is 3.01. The molecule has 0 saturated heterocycles. The van der Waals surface area contributed by atoms with Crippen LogP contribution >= 0.6 is 0 Å². The first kappa shape index (κ1) is 8.53. The number of hydrogen-bond acceptors (Lipinski definition) is 2. The molecule has 0 bridgehead atoms. The third-order valence-electron chi connectivity index (χ3n) is 1.67. The van der Waals surface area contributed by atoms with Gasteiger partial charge >= 0.3 is 0 Å². The van der Waals surface area contributed by atoms with Crippen molar-refractivity contribution < 1.29 is 4.74 Å². The standard InChI is InChI=1S/C10H11NO/c1-3-8-6-10(12-2)5-4-9(8)7-11/h3-7,11H,1H2,2H3. The molecule has 1 N–H and O–H groups in total. The monoisotopic (exact) mass is 161 g/mol. The number of methoxy groups -OCH3 is 1. The zero-order valence-corrected chi connectivity index (χ0v) is 7.00. The minimum Gasteiger partial charge on any atom is -0.497 e. The van der Waals surface area contributed by atoms with Crippen molar-refractivity contribution in [2.24, 2.45) is 0 Å². The average Bonchev–Trinajstić information content (AvgIpc) is 2.16. The van der Waals surface area contributed by atoms with Gasteiger partial charge in [0.05, 0.1) is 7.11 Å². The third-order valence-corrected chi connectivity index (χ3v) is 1.67. The van der Waals surface area contributed by atoms with E-state index in [1.165, 1.54) is 6.21 Å². The van der Waals surface area contributed by atoms with E-state index < -0.39 is 0 Å². The fourth-order valence-corrected chi connectivity index (χ4v) is 0.988. The smallest absolute Gasteiger partial charge is 0.119 e. The molecule has 1 aromatic carbocycles. The number of ether oxygens (including phenoxy) is 1. The third kappa shape index (κ3) is 1.53. The topological polar surface area (TPSA) is 33.1 Å². The summed E-state index contributed by atoms with van der Waals surface area (Å²) in [5, 5.41) is 7.10. The molecule has 0 saturated carbocycles. The maximum absolute atomic E-state index is 7.10. The molecular formula is C10H11NO. The van der Waals surface area contributed by atoms with Gasteiger partial charge in [-0.3, -0.25) is 0 Å². The number of rotatable bonds is 3. The lowest BCUT2D eigenvalue weighted by atomic mass is 10.1. The van der Waals surface area contributed by atoms with Gasteiger partial charge in [-0.1, -0.05) is 12.7 Å². The molecule has 0 spiro atoms. The molecule has 0 fully saturated rings.